The fourth-order valence-corrected chi connectivity index (χ4v) is 3.19. The van der Waals surface area contributed by atoms with Crippen LogP contribution in [0.3, 0.4) is 0 Å². The van der Waals surface area contributed by atoms with Crippen LogP contribution < -0.4 is 10.2 Å². The van der Waals surface area contributed by atoms with Crippen LogP contribution in [-0.2, 0) is 16.1 Å². The number of hydrogen-bond acceptors (Lipinski definition) is 4. The van der Waals surface area contributed by atoms with Gasteiger partial charge in [-0.1, -0.05) is 6.07 Å². The van der Waals surface area contributed by atoms with Gasteiger partial charge in [0, 0.05) is 33.7 Å². The summed E-state index contributed by atoms with van der Waals surface area (Å²) in [5, 5.41) is 3.29. The number of carbonyl (C=O) groups is 1. The number of nitrogens with zero attached hydrogens (tertiary/aromatic N) is 3. The summed E-state index contributed by atoms with van der Waals surface area (Å²) >= 11 is 0. The van der Waals surface area contributed by atoms with Crippen molar-refractivity contribution in [2.45, 2.75) is 33.2 Å². The number of rotatable bonds is 6. The molecule has 28 heavy (non-hydrogen) atoms. The Morgan fingerprint density at radius 2 is 2.00 bits per heavy atom. The Bertz CT molecular complexity index is 662. The Balaban J connectivity index is 0.00000392. The quantitative estimate of drug-likeness (QED) is 0.278. The molecule has 1 heterocycles. The van der Waals surface area contributed by atoms with E-state index < -0.39 is 0 Å². The van der Waals surface area contributed by atoms with Crippen molar-refractivity contribution in [3.8, 4) is 0 Å². The van der Waals surface area contributed by atoms with Crippen molar-refractivity contribution in [1.82, 2.24) is 10.2 Å². The molecule has 0 amide bonds. The van der Waals surface area contributed by atoms with E-state index in [1.54, 1.807) is 11.0 Å². The first-order valence-corrected chi connectivity index (χ1v) is 9.61. The summed E-state index contributed by atoms with van der Waals surface area (Å²) < 4.78 is 19.3. The van der Waals surface area contributed by atoms with Crippen molar-refractivity contribution in [3.63, 3.8) is 0 Å². The van der Waals surface area contributed by atoms with Gasteiger partial charge in [-0.05, 0) is 44.4 Å². The molecular formula is C20H32FIN4O2. The molecule has 6 nitrogen and oxygen atoms in total. The van der Waals surface area contributed by atoms with Gasteiger partial charge in [-0.2, -0.15) is 0 Å². The van der Waals surface area contributed by atoms with E-state index >= 15 is 0 Å². The fraction of sp³-hybridized carbons (Fsp3) is 0.600. The lowest BCUT2D eigenvalue weighted by atomic mass is 9.97. The number of nitrogens with one attached hydrogen (secondary N) is 1. The number of carbonyl (C=O) groups excluding carboxylic acids is 1. The van der Waals surface area contributed by atoms with Gasteiger partial charge in [0.2, 0.25) is 0 Å². The molecule has 0 saturated carbocycles. The van der Waals surface area contributed by atoms with Crippen LogP contribution in [0.2, 0.25) is 0 Å². The summed E-state index contributed by atoms with van der Waals surface area (Å²) in [5.74, 6) is 0.428. The number of hydrogen-bond donors (Lipinski definition) is 1. The molecule has 158 valence electrons. The van der Waals surface area contributed by atoms with Crippen molar-refractivity contribution >= 4 is 41.6 Å². The maximum atomic E-state index is 14.1. The first kappa shape index (κ1) is 24.5. The van der Waals surface area contributed by atoms with Gasteiger partial charge < -0.3 is 19.9 Å². The van der Waals surface area contributed by atoms with E-state index in [0.29, 0.717) is 18.8 Å². The molecule has 1 fully saturated rings. The number of guanidine groups is 1. The molecule has 0 spiro atoms. The maximum Gasteiger partial charge on any atom is 0.309 e. The van der Waals surface area contributed by atoms with Crippen LogP contribution in [0.5, 0.6) is 0 Å². The Kier molecular flexibility index (Phi) is 10.6. The lowest BCUT2D eigenvalue weighted by Crippen LogP contribution is -2.46. The Morgan fingerprint density at radius 1 is 1.32 bits per heavy atom. The largest absolute Gasteiger partial charge is 0.466 e. The Labute approximate surface area is 184 Å². The molecule has 1 N–H and O–H groups in total. The smallest absolute Gasteiger partial charge is 0.309 e. The summed E-state index contributed by atoms with van der Waals surface area (Å²) in [6.45, 7) is 6.94. The van der Waals surface area contributed by atoms with Crippen LogP contribution in [-0.4, -0.2) is 57.2 Å². The van der Waals surface area contributed by atoms with Gasteiger partial charge in [0.05, 0.1) is 24.8 Å². The number of aliphatic imine (C=N–C) groups is 1. The molecule has 1 saturated heterocycles. The number of anilines is 1. The van der Waals surface area contributed by atoms with Crippen LogP contribution in [0.15, 0.2) is 23.2 Å². The van der Waals surface area contributed by atoms with E-state index in [2.05, 4.69) is 15.2 Å². The van der Waals surface area contributed by atoms with E-state index in [1.165, 1.54) is 6.07 Å². The van der Waals surface area contributed by atoms with E-state index in [1.807, 2.05) is 34.0 Å². The molecule has 0 unspecified atom stereocenters. The molecular weight excluding hydrogens is 474 g/mol. The van der Waals surface area contributed by atoms with Gasteiger partial charge >= 0.3 is 5.97 Å². The summed E-state index contributed by atoms with van der Waals surface area (Å²) in [5.41, 5.74) is 1.39. The monoisotopic (exact) mass is 506 g/mol. The van der Waals surface area contributed by atoms with E-state index in [4.69, 9.17) is 4.74 Å². The fourth-order valence-electron chi connectivity index (χ4n) is 3.19. The lowest BCUT2D eigenvalue weighted by Gasteiger charge is -2.33. The average molecular weight is 506 g/mol. The SMILES string of the molecule is CCNC(=NCc1ccc(N(C)C)c(F)c1)N1CCC(C(=O)OCC)CC1.I. The topological polar surface area (TPSA) is 57.2 Å². The van der Waals surface area contributed by atoms with Crippen LogP contribution in [0, 0.1) is 11.7 Å². The van der Waals surface area contributed by atoms with E-state index in [0.717, 1.165) is 44.0 Å². The van der Waals surface area contributed by atoms with Gasteiger partial charge in [-0.25, -0.2) is 9.38 Å². The van der Waals surface area contributed by atoms with Crippen LogP contribution in [0.25, 0.3) is 0 Å². The van der Waals surface area contributed by atoms with E-state index in [9.17, 15) is 9.18 Å². The van der Waals surface area contributed by atoms with Crippen molar-refractivity contribution in [2.24, 2.45) is 10.9 Å². The molecule has 1 aromatic carbocycles. The van der Waals surface area contributed by atoms with Crippen LogP contribution in [0.4, 0.5) is 10.1 Å². The first-order valence-electron chi connectivity index (χ1n) is 9.61. The summed E-state index contributed by atoms with van der Waals surface area (Å²) in [4.78, 5) is 20.5. The van der Waals surface area contributed by atoms with Gasteiger partial charge in [0.1, 0.15) is 5.82 Å². The van der Waals surface area contributed by atoms with Crippen LogP contribution in [0.1, 0.15) is 32.3 Å². The molecule has 2 rings (SSSR count). The molecule has 1 aromatic rings. The third kappa shape index (κ3) is 6.79. The number of piperidine rings is 1. The van der Waals surface area contributed by atoms with Crippen LogP contribution >= 0.6 is 24.0 Å². The predicted molar refractivity (Wildman–Crippen MR) is 122 cm³/mol. The highest BCUT2D eigenvalue weighted by Crippen LogP contribution is 2.20. The van der Waals surface area contributed by atoms with Gasteiger partial charge in [0.15, 0.2) is 5.96 Å². The number of ether oxygens (including phenoxy) is 1. The third-order valence-electron chi connectivity index (χ3n) is 4.65. The molecule has 1 aliphatic rings. The normalized spacial score (nSPS) is 15.0. The third-order valence-corrected chi connectivity index (χ3v) is 4.65. The zero-order chi connectivity index (χ0) is 19.8. The Morgan fingerprint density at radius 3 is 2.54 bits per heavy atom. The van der Waals surface area contributed by atoms with Crippen molar-refractivity contribution in [1.29, 1.82) is 0 Å². The second-order valence-corrected chi connectivity index (χ2v) is 6.86. The van der Waals surface area contributed by atoms with E-state index in [-0.39, 0.29) is 41.7 Å². The number of halogens is 2. The van der Waals surface area contributed by atoms with Crippen molar-refractivity contribution in [2.75, 3.05) is 45.2 Å². The zero-order valence-electron chi connectivity index (χ0n) is 17.2. The predicted octanol–water partition coefficient (Wildman–Crippen LogP) is 3.25. The summed E-state index contributed by atoms with van der Waals surface area (Å²) in [7, 11) is 3.64. The number of esters is 1. The molecule has 0 atom stereocenters. The highest BCUT2D eigenvalue weighted by atomic mass is 127. The second kappa shape index (κ2) is 12.1. The summed E-state index contributed by atoms with van der Waals surface area (Å²) in [6, 6.07) is 5.21. The molecule has 0 aromatic heterocycles. The van der Waals surface area contributed by atoms with Crippen molar-refractivity contribution in [3.05, 3.63) is 29.6 Å². The molecule has 0 aliphatic carbocycles. The minimum Gasteiger partial charge on any atom is -0.466 e. The number of likely N-dealkylation sites (tertiary alicyclic amines) is 1. The molecule has 0 radical (unpaired) electrons. The average Bonchev–Trinajstić information content (AvgIpc) is 2.65. The van der Waals surface area contributed by atoms with Gasteiger partial charge in [0.25, 0.3) is 0 Å². The zero-order valence-corrected chi connectivity index (χ0v) is 19.5. The standard InChI is InChI=1S/C20H31FN4O2.HI/c1-5-22-20(25-11-9-16(10-12-25)19(26)27-6-2)23-14-15-7-8-18(24(3)4)17(21)13-15;/h7-8,13,16H,5-6,9-12,14H2,1-4H3,(H,22,23);1H. The summed E-state index contributed by atoms with van der Waals surface area (Å²) in [6.07, 6.45) is 1.52. The minimum atomic E-state index is -0.243. The minimum absolute atomic E-state index is 0. The molecule has 8 heteroatoms. The highest BCUT2D eigenvalue weighted by Gasteiger charge is 2.27. The molecule has 0 bridgehead atoms. The van der Waals surface area contributed by atoms with Gasteiger partial charge in [-0.3, -0.25) is 4.79 Å². The van der Waals surface area contributed by atoms with Gasteiger partial charge in [-0.15, -0.1) is 24.0 Å². The highest BCUT2D eigenvalue weighted by molar-refractivity contribution is 14.0. The first-order chi connectivity index (χ1) is 13.0. The Hall–Kier alpha value is -1.58. The lowest BCUT2D eigenvalue weighted by molar-refractivity contribution is -0.149. The maximum absolute atomic E-state index is 14.1. The second-order valence-electron chi connectivity index (χ2n) is 6.86. The van der Waals surface area contributed by atoms with Crippen molar-refractivity contribution < 1.29 is 13.9 Å². The number of benzene rings is 1. The molecule has 1 aliphatic heterocycles.